The molecule has 1 rings (SSSR count). The van der Waals surface area contributed by atoms with E-state index >= 15 is 0 Å². The number of nitrogens with one attached hydrogen (secondary N) is 1. The second-order valence-electron chi connectivity index (χ2n) is 3.73. The van der Waals surface area contributed by atoms with Gasteiger partial charge in [0.05, 0.1) is 4.90 Å². The van der Waals surface area contributed by atoms with Crippen molar-refractivity contribution in [3.8, 4) is 0 Å². The molecule has 0 saturated carbocycles. The molecule has 2 N–H and O–H groups in total. The number of rotatable bonds is 5. The summed E-state index contributed by atoms with van der Waals surface area (Å²) in [4.78, 5) is 21.9. The predicted molar refractivity (Wildman–Crippen MR) is 68.0 cm³/mol. The molecule has 0 aromatic heterocycles. The minimum Gasteiger partial charge on any atom is -0.480 e. The number of carboxylic acid groups (broad SMARTS) is 1. The first-order valence-corrected chi connectivity index (χ1v) is 6.89. The summed E-state index contributed by atoms with van der Waals surface area (Å²) in [7, 11) is -3.70. The molecular weight excluding hydrogens is 270 g/mol. The molecule has 0 unspecified atom stereocenters. The van der Waals surface area contributed by atoms with E-state index in [4.69, 9.17) is 5.11 Å². The van der Waals surface area contributed by atoms with Crippen LogP contribution in [-0.4, -0.2) is 31.4 Å². The lowest BCUT2D eigenvalue weighted by Crippen LogP contribution is -2.37. The van der Waals surface area contributed by atoms with E-state index in [1.165, 1.54) is 19.1 Å². The maximum atomic E-state index is 11.8. The lowest BCUT2D eigenvalue weighted by molar-refractivity contribution is -0.140. The molecular formula is C12H13NO5S. The summed E-state index contributed by atoms with van der Waals surface area (Å²) < 4.78 is 23.5. The number of carbonyl (C=O) groups excluding carboxylic acids is 1. The van der Waals surface area contributed by atoms with Gasteiger partial charge in [0, 0.05) is 11.5 Å². The molecule has 0 saturated heterocycles. The molecule has 1 amide bonds. The van der Waals surface area contributed by atoms with Crippen molar-refractivity contribution in [2.75, 3.05) is 0 Å². The Balaban J connectivity index is 2.77. The van der Waals surface area contributed by atoms with Crippen molar-refractivity contribution in [3.63, 3.8) is 0 Å². The summed E-state index contributed by atoms with van der Waals surface area (Å²) >= 11 is 0. The second-order valence-corrected chi connectivity index (χ2v) is 5.56. The third-order valence-corrected chi connectivity index (χ3v) is 3.62. The Labute approximate surface area is 110 Å². The highest BCUT2D eigenvalue weighted by atomic mass is 32.2. The van der Waals surface area contributed by atoms with Gasteiger partial charge in [-0.15, -0.1) is 0 Å². The van der Waals surface area contributed by atoms with Crippen molar-refractivity contribution in [2.45, 2.75) is 17.9 Å². The highest BCUT2D eigenvalue weighted by Gasteiger charge is 2.14. The van der Waals surface area contributed by atoms with Gasteiger partial charge in [0.15, 0.2) is 9.84 Å². The molecule has 6 nitrogen and oxygen atoms in total. The molecule has 1 aromatic rings. The Morgan fingerprint density at radius 1 is 1.26 bits per heavy atom. The molecule has 0 bridgehead atoms. The highest BCUT2D eigenvalue weighted by Crippen LogP contribution is 2.10. The molecule has 0 fully saturated rings. The van der Waals surface area contributed by atoms with Crippen molar-refractivity contribution in [1.82, 2.24) is 5.32 Å². The van der Waals surface area contributed by atoms with Crippen molar-refractivity contribution in [1.29, 1.82) is 0 Å². The first-order valence-electron chi connectivity index (χ1n) is 5.34. The molecule has 19 heavy (non-hydrogen) atoms. The van der Waals surface area contributed by atoms with Crippen molar-refractivity contribution >= 4 is 21.7 Å². The Morgan fingerprint density at radius 2 is 1.84 bits per heavy atom. The quantitative estimate of drug-likeness (QED) is 0.769. The number of hydrogen-bond acceptors (Lipinski definition) is 4. The summed E-state index contributed by atoms with van der Waals surface area (Å²) in [5.74, 6) is -1.98. The van der Waals surface area contributed by atoms with Crippen LogP contribution >= 0.6 is 0 Å². The fourth-order valence-electron chi connectivity index (χ4n) is 1.16. The summed E-state index contributed by atoms with van der Waals surface area (Å²) in [6, 6.07) is 6.51. The molecule has 1 atom stereocenters. The van der Waals surface area contributed by atoms with Crippen LogP contribution < -0.4 is 5.32 Å². The Hall–Kier alpha value is -2.15. The number of carbonyl (C=O) groups is 2. The standard InChI is InChI=1S/C12H13NO5S/c1-9(12(15)16)13-11(14)7-8-19(17,18)10-5-3-2-4-6-10/h2-9H,1H3,(H,13,14)(H,15,16)/t9-/m1/s1. The van der Waals surface area contributed by atoms with Crippen molar-refractivity contribution < 1.29 is 23.1 Å². The molecule has 0 radical (unpaired) electrons. The number of amides is 1. The maximum Gasteiger partial charge on any atom is 0.325 e. The average Bonchev–Trinajstić information content (AvgIpc) is 2.37. The zero-order valence-corrected chi connectivity index (χ0v) is 10.9. The van der Waals surface area contributed by atoms with E-state index in [2.05, 4.69) is 5.32 Å². The number of carboxylic acids is 1. The fraction of sp³-hybridized carbons (Fsp3) is 0.167. The van der Waals surface area contributed by atoms with Crippen LogP contribution in [0.2, 0.25) is 0 Å². The lowest BCUT2D eigenvalue weighted by Gasteiger charge is -2.06. The minimum absolute atomic E-state index is 0.0605. The number of aliphatic carboxylic acids is 1. The van der Waals surface area contributed by atoms with Crippen molar-refractivity contribution in [2.24, 2.45) is 0 Å². The summed E-state index contributed by atoms with van der Waals surface area (Å²) in [5, 5.41) is 11.4. The summed E-state index contributed by atoms with van der Waals surface area (Å²) in [5.41, 5.74) is 0. The molecule has 0 heterocycles. The van der Waals surface area contributed by atoms with E-state index in [1.807, 2.05) is 0 Å². The van der Waals surface area contributed by atoms with Crippen LogP contribution in [0.3, 0.4) is 0 Å². The van der Waals surface area contributed by atoms with Gasteiger partial charge < -0.3 is 10.4 Å². The zero-order chi connectivity index (χ0) is 14.5. The third kappa shape index (κ3) is 4.55. The van der Waals surface area contributed by atoms with E-state index in [1.54, 1.807) is 18.2 Å². The van der Waals surface area contributed by atoms with Crippen molar-refractivity contribution in [3.05, 3.63) is 41.8 Å². The second kappa shape index (κ2) is 6.14. The summed E-state index contributed by atoms with van der Waals surface area (Å²) in [6.07, 6.45) is 0.793. The van der Waals surface area contributed by atoms with Gasteiger partial charge in [-0.3, -0.25) is 9.59 Å². The van der Waals surface area contributed by atoms with Gasteiger partial charge in [0.2, 0.25) is 5.91 Å². The van der Waals surface area contributed by atoms with Gasteiger partial charge in [0.1, 0.15) is 6.04 Å². The van der Waals surface area contributed by atoms with Crippen LogP contribution in [0.25, 0.3) is 0 Å². The SMILES string of the molecule is C[C@@H](NC(=O)C=CS(=O)(=O)c1ccccc1)C(=O)O. The highest BCUT2D eigenvalue weighted by molar-refractivity contribution is 7.94. The lowest BCUT2D eigenvalue weighted by atomic mass is 10.3. The first kappa shape index (κ1) is 14.9. The van der Waals surface area contributed by atoms with Crippen LogP contribution in [0.4, 0.5) is 0 Å². The number of hydrogen-bond donors (Lipinski definition) is 2. The van der Waals surface area contributed by atoms with Crippen LogP contribution in [0.1, 0.15) is 6.92 Å². The van der Waals surface area contributed by atoms with Gasteiger partial charge >= 0.3 is 5.97 Å². The van der Waals surface area contributed by atoms with Gasteiger partial charge in [-0.2, -0.15) is 0 Å². The molecule has 0 aliphatic heterocycles. The van der Waals surface area contributed by atoms with Gasteiger partial charge in [-0.1, -0.05) is 18.2 Å². The minimum atomic E-state index is -3.70. The first-order chi connectivity index (χ1) is 8.83. The number of sulfone groups is 1. The van der Waals surface area contributed by atoms with E-state index in [-0.39, 0.29) is 4.90 Å². The molecule has 0 aliphatic carbocycles. The Morgan fingerprint density at radius 3 is 2.37 bits per heavy atom. The Kier molecular flexibility index (Phi) is 4.82. The molecule has 7 heteroatoms. The maximum absolute atomic E-state index is 11.8. The van der Waals surface area contributed by atoms with Gasteiger partial charge in [0.25, 0.3) is 0 Å². The fourth-order valence-corrected chi connectivity index (χ4v) is 2.16. The summed E-state index contributed by atoms with van der Waals surface area (Å²) in [6.45, 7) is 1.28. The van der Waals surface area contributed by atoms with Crippen LogP contribution in [0.15, 0.2) is 46.7 Å². The Bertz CT molecular complexity index is 592. The monoisotopic (exact) mass is 283 g/mol. The van der Waals surface area contributed by atoms with Crippen LogP contribution in [-0.2, 0) is 19.4 Å². The van der Waals surface area contributed by atoms with Crippen LogP contribution in [0, 0.1) is 0 Å². The number of benzene rings is 1. The van der Waals surface area contributed by atoms with E-state index in [9.17, 15) is 18.0 Å². The zero-order valence-electron chi connectivity index (χ0n) is 10.1. The third-order valence-electron chi connectivity index (χ3n) is 2.20. The normalized spacial score (nSPS) is 13.1. The van der Waals surface area contributed by atoms with Gasteiger partial charge in [-0.05, 0) is 19.1 Å². The van der Waals surface area contributed by atoms with E-state index < -0.39 is 27.8 Å². The van der Waals surface area contributed by atoms with E-state index in [0.717, 1.165) is 11.5 Å². The predicted octanol–water partition coefficient (Wildman–Crippen LogP) is 0.563. The van der Waals surface area contributed by atoms with Gasteiger partial charge in [-0.25, -0.2) is 8.42 Å². The van der Waals surface area contributed by atoms with E-state index in [0.29, 0.717) is 0 Å². The molecule has 1 aromatic carbocycles. The molecule has 0 aliphatic rings. The topological polar surface area (TPSA) is 101 Å². The molecule has 0 spiro atoms. The smallest absolute Gasteiger partial charge is 0.325 e. The van der Waals surface area contributed by atoms with Crippen LogP contribution in [0.5, 0.6) is 0 Å². The largest absolute Gasteiger partial charge is 0.480 e. The molecule has 102 valence electrons. The average molecular weight is 283 g/mol.